The van der Waals surface area contributed by atoms with Gasteiger partial charge in [-0.3, -0.25) is 19.5 Å². The maximum Gasteiger partial charge on any atom is 0.237 e. The van der Waals surface area contributed by atoms with E-state index in [-0.39, 0.29) is 23.9 Å². The van der Waals surface area contributed by atoms with Gasteiger partial charge >= 0.3 is 0 Å². The first-order valence-electron chi connectivity index (χ1n) is 9.96. The van der Waals surface area contributed by atoms with E-state index in [1.807, 2.05) is 19.1 Å². The van der Waals surface area contributed by atoms with Crippen LogP contribution in [0.1, 0.15) is 38.2 Å². The minimum absolute atomic E-state index is 0.0189. The fourth-order valence-electron chi connectivity index (χ4n) is 4.04. The minimum Gasteiger partial charge on any atom is -0.381 e. The summed E-state index contributed by atoms with van der Waals surface area (Å²) in [5.41, 5.74) is 1.11. The second-order valence-electron chi connectivity index (χ2n) is 7.31. The van der Waals surface area contributed by atoms with Gasteiger partial charge in [-0.15, -0.1) is 0 Å². The molecule has 3 rings (SSSR count). The number of amides is 2. The van der Waals surface area contributed by atoms with E-state index in [1.165, 1.54) is 0 Å². The van der Waals surface area contributed by atoms with Crippen LogP contribution in [0.25, 0.3) is 0 Å². The van der Waals surface area contributed by atoms with E-state index >= 15 is 0 Å². The second-order valence-corrected chi connectivity index (χ2v) is 7.31. The Labute approximate surface area is 160 Å². The number of carbonyl (C=O) groups is 2. The number of nitrogens with zero attached hydrogens (tertiary/aromatic N) is 2. The molecule has 148 valence electrons. The maximum atomic E-state index is 12.5. The number of pyridine rings is 1. The molecular formula is C20H30N4O3. The summed E-state index contributed by atoms with van der Waals surface area (Å²) in [6.07, 6.45) is 7.19. The lowest BCUT2D eigenvalue weighted by atomic mass is 10.1. The predicted molar refractivity (Wildman–Crippen MR) is 102 cm³/mol. The average molecular weight is 374 g/mol. The van der Waals surface area contributed by atoms with Crippen molar-refractivity contribution in [1.29, 1.82) is 0 Å². The molecule has 2 atom stereocenters. The van der Waals surface area contributed by atoms with Crippen LogP contribution in [0.2, 0.25) is 0 Å². The van der Waals surface area contributed by atoms with Crippen LogP contribution >= 0.6 is 0 Å². The van der Waals surface area contributed by atoms with Crippen LogP contribution in [0.4, 0.5) is 0 Å². The predicted octanol–water partition coefficient (Wildman–Crippen LogP) is 0.888. The molecule has 0 aromatic carbocycles. The van der Waals surface area contributed by atoms with Crippen LogP contribution < -0.4 is 10.6 Å². The van der Waals surface area contributed by atoms with Gasteiger partial charge in [-0.1, -0.05) is 0 Å². The zero-order chi connectivity index (χ0) is 19.1. The number of nitrogens with one attached hydrogen (secondary N) is 2. The van der Waals surface area contributed by atoms with E-state index in [9.17, 15) is 9.59 Å². The average Bonchev–Trinajstić information content (AvgIpc) is 3.12. The largest absolute Gasteiger partial charge is 0.381 e. The van der Waals surface area contributed by atoms with Crippen molar-refractivity contribution in [3.63, 3.8) is 0 Å². The number of hydrogen-bond acceptors (Lipinski definition) is 5. The minimum atomic E-state index is -0.168. The topological polar surface area (TPSA) is 83.6 Å². The van der Waals surface area contributed by atoms with Gasteiger partial charge in [0.15, 0.2) is 0 Å². The van der Waals surface area contributed by atoms with Gasteiger partial charge in [0.1, 0.15) is 0 Å². The quantitative estimate of drug-likeness (QED) is 0.741. The number of aryl methyl sites for hydroxylation is 1. The van der Waals surface area contributed by atoms with Gasteiger partial charge in [0.2, 0.25) is 11.8 Å². The lowest BCUT2D eigenvalue weighted by Gasteiger charge is -2.34. The Balaban J connectivity index is 1.55. The SMILES string of the molecule is CCNC(=O)[C@@H]1C[C@H](NC(=O)CCc2ccncc2)CN1C1CCOCC1. The molecule has 7 nitrogen and oxygen atoms in total. The van der Waals surface area contributed by atoms with Crippen molar-refractivity contribution in [3.8, 4) is 0 Å². The van der Waals surface area contributed by atoms with Crippen molar-refractivity contribution in [2.45, 2.75) is 57.2 Å². The Morgan fingerprint density at radius 2 is 2.00 bits per heavy atom. The molecule has 2 amide bonds. The molecule has 0 bridgehead atoms. The maximum absolute atomic E-state index is 12.5. The Kier molecular flexibility index (Phi) is 7.18. The standard InChI is InChI=1S/C20H30N4O3/c1-2-22-20(26)18-13-16(14-24(18)17-7-11-27-12-8-17)23-19(25)4-3-15-5-9-21-10-6-15/h5-6,9-10,16-18H,2-4,7-8,11-14H2,1H3,(H,22,26)(H,23,25)/t16-,18-/m0/s1. The Bertz CT molecular complexity index is 619. The fraction of sp³-hybridized carbons (Fsp3) is 0.650. The van der Waals surface area contributed by atoms with E-state index in [2.05, 4.69) is 20.5 Å². The highest BCUT2D eigenvalue weighted by atomic mass is 16.5. The third-order valence-electron chi connectivity index (χ3n) is 5.41. The molecule has 0 unspecified atom stereocenters. The van der Waals surface area contributed by atoms with Crippen LogP contribution in [0, 0.1) is 0 Å². The number of hydrogen-bond donors (Lipinski definition) is 2. The van der Waals surface area contributed by atoms with Crippen LogP contribution in [0.15, 0.2) is 24.5 Å². The number of likely N-dealkylation sites (tertiary alicyclic amines) is 1. The van der Waals surface area contributed by atoms with Crippen molar-refractivity contribution in [2.75, 3.05) is 26.3 Å². The molecule has 0 spiro atoms. The summed E-state index contributed by atoms with van der Waals surface area (Å²) in [5.74, 6) is 0.109. The number of ether oxygens (including phenoxy) is 1. The molecule has 2 fully saturated rings. The molecule has 7 heteroatoms. The Morgan fingerprint density at radius 1 is 1.26 bits per heavy atom. The zero-order valence-electron chi connectivity index (χ0n) is 16.0. The van der Waals surface area contributed by atoms with Crippen molar-refractivity contribution >= 4 is 11.8 Å². The highest BCUT2D eigenvalue weighted by molar-refractivity contribution is 5.82. The van der Waals surface area contributed by atoms with Gasteiger partial charge in [0.05, 0.1) is 6.04 Å². The first kappa shape index (κ1) is 19.8. The molecule has 0 saturated carbocycles. The molecule has 2 saturated heterocycles. The van der Waals surface area contributed by atoms with E-state index in [4.69, 9.17) is 4.74 Å². The van der Waals surface area contributed by atoms with Crippen molar-refractivity contribution in [1.82, 2.24) is 20.5 Å². The Hall–Kier alpha value is -1.99. The van der Waals surface area contributed by atoms with E-state index in [0.717, 1.165) is 38.2 Å². The molecule has 2 N–H and O–H groups in total. The van der Waals surface area contributed by atoms with Crippen molar-refractivity contribution < 1.29 is 14.3 Å². The monoisotopic (exact) mass is 374 g/mol. The number of aromatic nitrogens is 1. The molecule has 1 aromatic rings. The molecule has 2 aliphatic rings. The number of carbonyl (C=O) groups excluding carboxylic acids is 2. The van der Waals surface area contributed by atoms with Crippen LogP contribution in [-0.4, -0.2) is 66.1 Å². The Morgan fingerprint density at radius 3 is 2.70 bits per heavy atom. The van der Waals surface area contributed by atoms with Gasteiger partial charge in [-0.2, -0.15) is 0 Å². The normalized spacial score (nSPS) is 23.9. The van der Waals surface area contributed by atoms with E-state index in [1.54, 1.807) is 12.4 Å². The van der Waals surface area contributed by atoms with Crippen LogP contribution in [0.5, 0.6) is 0 Å². The highest BCUT2D eigenvalue weighted by Gasteiger charge is 2.40. The second kappa shape index (κ2) is 9.80. The smallest absolute Gasteiger partial charge is 0.237 e. The molecule has 0 aliphatic carbocycles. The molecule has 2 aliphatic heterocycles. The van der Waals surface area contributed by atoms with Gasteiger partial charge in [0.25, 0.3) is 0 Å². The van der Waals surface area contributed by atoms with Crippen molar-refractivity contribution in [3.05, 3.63) is 30.1 Å². The van der Waals surface area contributed by atoms with E-state index < -0.39 is 0 Å². The zero-order valence-corrected chi connectivity index (χ0v) is 16.0. The third-order valence-corrected chi connectivity index (χ3v) is 5.41. The lowest BCUT2D eigenvalue weighted by molar-refractivity contribution is -0.127. The summed E-state index contributed by atoms with van der Waals surface area (Å²) in [6, 6.07) is 4.07. The van der Waals surface area contributed by atoms with Crippen LogP contribution in [-0.2, 0) is 20.7 Å². The van der Waals surface area contributed by atoms with Gasteiger partial charge in [-0.25, -0.2) is 0 Å². The van der Waals surface area contributed by atoms with Crippen LogP contribution in [0.3, 0.4) is 0 Å². The van der Waals surface area contributed by atoms with Gasteiger partial charge in [-0.05, 0) is 50.3 Å². The summed E-state index contributed by atoms with van der Waals surface area (Å²) >= 11 is 0. The lowest BCUT2D eigenvalue weighted by Crippen LogP contribution is -2.49. The molecule has 0 radical (unpaired) electrons. The van der Waals surface area contributed by atoms with Gasteiger partial charge in [0, 0.05) is 57.2 Å². The number of rotatable bonds is 7. The summed E-state index contributed by atoms with van der Waals surface area (Å²) in [5, 5.41) is 6.08. The molecule has 3 heterocycles. The summed E-state index contributed by atoms with van der Waals surface area (Å²) < 4.78 is 5.47. The molecule has 1 aromatic heterocycles. The van der Waals surface area contributed by atoms with E-state index in [0.29, 0.717) is 31.8 Å². The fourth-order valence-corrected chi connectivity index (χ4v) is 4.04. The summed E-state index contributed by atoms with van der Waals surface area (Å²) in [4.78, 5) is 31.2. The third kappa shape index (κ3) is 5.49. The first-order chi connectivity index (χ1) is 13.2. The summed E-state index contributed by atoms with van der Waals surface area (Å²) in [7, 11) is 0. The van der Waals surface area contributed by atoms with Gasteiger partial charge < -0.3 is 15.4 Å². The molecule has 27 heavy (non-hydrogen) atoms. The summed E-state index contributed by atoms with van der Waals surface area (Å²) in [6.45, 7) is 4.77. The highest BCUT2D eigenvalue weighted by Crippen LogP contribution is 2.26. The van der Waals surface area contributed by atoms with Crippen molar-refractivity contribution in [2.24, 2.45) is 0 Å². The number of likely N-dealkylation sites (N-methyl/N-ethyl adjacent to an activating group) is 1. The molecular weight excluding hydrogens is 344 g/mol. The first-order valence-corrected chi connectivity index (χ1v) is 9.96.